The van der Waals surface area contributed by atoms with Gasteiger partial charge in [0, 0.05) is 28.9 Å². The second-order valence-corrected chi connectivity index (χ2v) is 5.94. The molecule has 0 spiro atoms. The lowest BCUT2D eigenvalue weighted by molar-refractivity contribution is 1.19. The van der Waals surface area contributed by atoms with Gasteiger partial charge in [0.25, 0.3) is 0 Å². The van der Waals surface area contributed by atoms with Gasteiger partial charge in [-0.2, -0.15) is 5.10 Å². The SMILES string of the molecule is Cc1ccc(-c2nc(NN=Cc3cccnc3)c3ccccc3n2)cc1. The van der Waals surface area contributed by atoms with E-state index >= 15 is 0 Å². The lowest BCUT2D eigenvalue weighted by Crippen LogP contribution is -1.99. The van der Waals surface area contributed by atoms with Gasteiger partial charge >= 0.3 is 0 Å². The van der Waals surface area contributed by atoms with Crippen LogP contribution in [-0.2, 0) is 0 Å². The quantitative estimate of drug-likeness (QED) is 0.441. The molecule has 2 aromatic heterocycles. The zero-order chi connectivity index (χ0) is 17.8. The number of aromatic nitrogens is 3. The number of aryl methyl sites for hydroxylation is 1. The number of hydrogen-bond acceptors (Lipinski definition) is 5. The molecule has 0 unspecified atom stereocenters. The van der Waals surface area contributed by atoms with Crippen molar-refractivity contribution in [2.75, 3.05) is 5.43 Å². The molecule has 0 saturated heterocycles. The van der Waals surface area contributed by atoms with Gasteiger partial charge in [0.05, 0.1) is 11.7 Å². The van der Waals surface area contributed by atoms with E-state index in [0.29, 0.717) is 11.6 Å². The monoisotopic (exact) mass is 339 g/mol. The Labute approximate surface area is 151 Å². The summed E-state index contributed by atoms with van der Waals surface area (Å²) in [5, 5.41) is 5.23. The molecule has 26 heavy (non-hydrogen) atoms. The smallest absolute Gasteiger partial charge is 0.162 e. The largest absolute Gasteiger partial charge is 0.264 e. The molecule has 0 fully saturated rings. The zero-order valence-corrected chi connectivity index (χ0v) is 14.3. The number of nitrogens with zero attached hydrogens (tertiary/aromatic N) is 4. The van der Waals surface area contributed by atoms with Gasteiger partial charge in [0.15, 0.2) is 11.6 Å². The Kier molecular flexibility index (Phi) is 4.35. The van der Waals surface area contributed by atoms with Crippen molar-refractivity contribution < 1.29 is 0 Å². The summed E-state index contributed by atoms with van der Waals surface area (Å²) in [6.45, 7) is 2.06. The van der Waals surface area contributed by atoms with Crippen LogP contribution < -0.4 is 5.43 Å². The molecule has 4 rings (SSSR count). The molecule has 2 aromatic carbocycles. The van der Waals surface area contributed by atoms with Crippen LogP contribution in [0.1, 0.15) is 11.1 Å². The third-order valence-electron chi connectivity index (χ3n) is 3.98. The first-order valence-corrected chi connectivity index (χ1v) is 8.32. The minimum atomic E-state index is 0.669. The fraction of sp³-hybridized carbons (Fsp3) is 0.0476. The molecule has 1 N–H and O–H groups in total. The van der Waals surface area contributed by atoms with Crippen LogP contribution in [0.15, 0.2) is 78.2 Å². The maximum atomic E-state index is 4.69. The van der Waals surface area contributed by atoms with Crippen molar-refractivity contribution in [2.24, 2.45) is 5.10 Å². The van der Waals surface area contributed by atoms with E-state index in [2.05, 4.69) is 44.5 Å². The standard InChI is InChI=1S/C21H17N5/c1-15-8-10-17(11-9-15)20-24-19-7-3-2-6-18(19)21(25-20)26-23-14-16-5-4-12-22-13-16/h2-14H,1H3,(H,24,25,26). The van der Waals surface area contributed by atoms with Gasteiger partial charge in [0.1, 0.15) is 0 Å². The van der Waals surface area contributed by atoms with Crippen LogP contribution >= 0.6 is 0 Å². The number of fused-ring (bicyclic) bond motifs is 1. The summed E-state index contributed by atoms with van der Waals surface area (Å²) >= 11 is 0. The zero-order valence-electron chi connectivity index (χ0n) is 14.3. The normalized spacial score (nSPS) is 11.1. The maximum absolute atomic E-state index is 4.69. The molecule has 0 radical (unpaired) electrons. The van der Waals surface area contributed by atoms with Gasteiger partial charge in [0.2, 0.25) is 0 Å². The molecule has 5 nitrogen and oxygen atoms in total. The van der Waals surface area contributed by atoms with Crippen LogP contribution in [0.5, 0.6) is 0 Å². The van der Waals surface area contributed by atoms with E-state index in [-0.39, 0.29) is 0 Å². The van der Waals surface area contributed by atoms with E-state index in [1.807, 2.05) is 48.5 Å². The fourth-order valence-corrected chi connectivity index (χ4v) is 2.61. The second-order valence-electron chi connectivity index (χ2n) is 5.94. The van der Waals surface area contributed by atoms with Crippen LogP contribution in [0.3, 0.4) is 0 Å². The highest BCUT2D eigenvalue weighted by Crippen LogP contribution is 2.25. The molecule has 0 bridgehead atoms. The molecule has 5 heteroatoms. The van der Waals surface area contributed by atoms with Gasteiger partial charge in [-0.25, -0.2) is 9.97 Å². The summed E-state index contributed by atoms with van der Waals surface area (Å²) in [7, 11) is 0. The minimum Gasteiger partial charge on any atom is -0.264 e. The van der Waals surface area contributed by atoms with E-state index < -0.39 is 0 Å². The van der Waals surface area contributed by atoms with Crippen LogP contribution in [0, 0.1) is 6.92 Å². The van der Waals surface area contributed by atoms with Crippen molar-refractivity contribution in [1.82, 2.24) is 15.0 Å². The van der Waals surface area contributed by atoms with Gasteiger partial charge in [-0.3, -0.25) is 10.4 Å². The lowest BCUT2D eigenvalue weighted by atomic mass is 10.1. The second kappa shape index (κ2) is 7.11. The Hall–Kier alpha value is -3.60. The molecule has 0 aliphatic carbocycles. The molecule has 4 aromatic rings. The number of benzene rings is 2. The van der Waals surface area contributed by atoms with Crippen LogP contribution in [0.4, 0.5) is 5.82 Å². The Morgan fingerprint density at radius 2 is 1.77 bits per heavy atom. The number of hydrazone groups is 1. The number of hydrogen-bond donors (Lipinski definition) is 1. The van der Waals surface area contributed by atoms with Crippen LogP contribution in [-0.4, -0.2) is 21.2 Å². The number of nitrogens with one attached hydrogen (secondary N) is 1. The molecule has 0 aliphatic heterocycles. The summed E-state index contributed by atoms with van der Waals surface area (Å²) in [6, 6.07) is 19.9. The summed E-state index contributed by atoms with van der Waals surface area (Å²) in [5.74, 6) is 1.34. The van der Waals surface area contributed by atoms with Crippen LogP contribution in [0.2, 0.25) is 0 Å². The summed E-state index contributed by atoms with van der Waals surface area (Å²) in [4.78, 5) is 13.4. The number of para-hydroxylation sites is 1. The van der Waals surface area contributed by atoms with Gasteiger partial charge in [-0.15, -0.1) is 0 Å². The fourth-order valence-electron chi connectivity index (χ4n) is 2.61. The molecular weight excluding hydrogens is 322 g/mol. The number of pyridine rings is 1. The van der Waals surface area contributed by atoms with Crippen LogP contribution in [0.25, 0.3) is 22.3 Å². The molecule has 0 amide bonds. The molecule has 0 aliphatic rings. The highest BCUT2D eigenvalue weighted by atomic mass is 15.3. The number of rotatable bonds is 4. The molecular formula is C21H17N5. The third-order valence-corrected chi connectivity index (χ3v) is 3.98. The van der Waals surface area contributed by atoms with Gasteiger partial charge < -0.3 is 0 Å². The molecule has 0 atom stereocenters. The van der Waals surface area contributed by atoms with E-state index in [9.17, 15) is 0 Å². The van der Waals surface area contributed by atoms with Gasteiger partial charge in [-0.1, -0.05) is 48.0 Å². The lowest BCUT2D eigenvalue weighted by Gasteiger charge is -2.08. The Morgan fingerprint density at radius 3 is 2.58 bits per heavy atom. The third kappa shape index (κ3) is 3.42. The van der Waals surface area contributed by atoms with Crippen molar-refractivity contribution in [3.63, 3.8) is 0 Å². The van der Waals surface area contributed by atoms with Crippen molar-refractivity contribution in [3.8, 4) is 11.4 Å². The van der Waals surface area contributed by atoms with Crippen molar-refractivity contribution in [1.29, 1.82) is 0 Å². The topological polar surface area (TPSA) is 63.1 Å². The van der Waals surface area contributed by atoms with Gasteiger partial charge in [-0.05, 0) is 25.1 Å². The Bertz CT molecular complexity index is 1060. The Balaban J connectivity index is 1.72. The number of anilines is 1. The Morgan fingerprint density at radius 1 is 0.923 bits per heavy atom. The van der Waals surface area contributed by atoms with E-state index in [1.54, 1.807) is 18.6 Å². The minimum absolute atomic E-state index is 0.669. The molecule has 126 valence electrons. The predicted molar refractivity (Wildman–Crippen MR) is 105 cm³/mol. The highest BCUT2D eigenvalue weighted by Gasteiger charge is 2.08. The highest BCUT2D eigenvalue weighted by molar-refractivity contribution is 5.91. The summed E-state index contributed by atoms with van der Waals surface area (Å²) in [5.41, 5.74) is 7.01. The summed E-state index contributed by atoms with van der Waals surface area (Å²) < 4.78 is 0. The van der Waals surface area contributed by atoms with E-state index in [0.717, 1.165) is 22.0 Å². The van der Waals surface area contributed by atoms with Crippen molar-refractivity contribution in [3.05, 3.63) is 84.2 Å². The first-order chi connectivity index (χ1) is 12.8. The maximum Gasteiger partial charge on any atom is 0.162 e. The van der Waals surface area contributed by atoms with E-state index in [1.165, 1.54) is 5.56 Å². The summed E-state index contributed by atoms with van der Waals surface area (Å²) in [6.07, 6.45) is 5.20. The van der Waals surface area contributed by atoms with Crippen molar-refractivity contribution >= 4 is 22.9 Å². The molecule has 2 heterocycles. The van der Waals surface area contributed by atoms with Crippen molar-refractivity contribution in [2.45, 2.75) is 6.92 Å². The average molecular weight is 339 g/mol. The van der Waals surface area contributed by atoms with E-state index in [4.69, 9.17) is 0 Å². The first-order valence-electron chi connectivity index (χ1n) is 8.32. The first kappa shape index (κ1) is 15.9. The predicted octanol–water partition coefficient (Wildman–Crippen LogP) is 4.45. The average Bonchev–Trinajstić information content (AvgIpc) is 2.69. The molecule has 0 saturated carbocycles.